The number of aryl methyl sites for hydroxylation is 1. The lowest BCUT2D eigenvalue weighted by Crippen LogP contribution is -2.12. The highest BCUT2D eigenvalue weighted by atomic mass is 32.2. The Labute approximate surface area is 121 Å². The summed E-state index contributed by atoms with van der Waals surface area (Å²) < 4.78 is 7.26. The summed E-state index contributed by atoms with van der Waals surface area (Å²) in [5.41, 5.74) is 8.18. The van der Waals surface area contributed by atoms with Gasteiger partial charge in [-0.1, -0.05) is 23.9 Å². The van der Waals surface area contributed by atoms with Crippen molar-refractivity contribution in [2.24, 2.45) is 5.73 Å². The van der Waals surface area contributed by atoms with Crippen molar-refractivity contribution in [3.63, 3.8) is 0 Å². The van der Waals surface area contributed by atoms with Crippen molar-refractivity contribution in [3.8, 4) is 5.75 Å². The van der Waals surface area contributed by atoms with Crippen LogP contribution in [0.4, 0.5) is 0 Å². The molecule has 0 radical (unpaired) electrons. The van der Waals surface area contributed by atoms with E-state index in [1.54, 1.807) is 16.4 Å². The van der Waals surface area contributed by atoms with Crippen LogP contribution in [0.1, 0.15) is 11.1 Å². The van der Waals surface area contributed by atoms with Crippen LogP contribution in [0.15, 0.2) is 23.4 Å². The number of rotatable bonds is 6. The highest BCUT2D eigenvalue weighted by Gasteiger charge is 2.12. The maximum atomic E-state index is 5.52. The number of aromatic nitrogens is 4. The molecule has 0 atom stereocenters. The second-order valence-electron chi connectivity index (χ2n) is 4.61. The number of thioether (sulfide) groups is 1. The molecular weight excluding hydrogens is 274 g/mol. The van der Waals surface area contributed by atoms with E-state index in [1.807, 2.05) is 0 Å². The molecule has 0 amide bonds. The fraction of sp³-hybridized carbons (Fsp3) is 0.462. The number of nitrogens with two attached hydrogens (primary N) is 1. The molecule has 0 saturated heterocycles. The third kappa shape index (κ3) is 2.94. The minimum atomic E-state index is 0.545. The summed E-state index contributed by atoms with van der Waals surface area (Å²) in [5, 5.41) is 12.4. The molecule has 1 aromatic carbocycles. The second kappa shape index (κ2) is 6.23. The Morgan fingerprint density at radius 1 is 1.40 bits per heavy atom. The van der Waals surface area contributed by atoms with Crippen LogP contribution in [0.2, 0.25) is 0 Å². The quantitative estimate of drug-likeness (QED) is 0.797. The van der Waals surface area contributed by atoms with Gasteiger partial charge in [-0.05, 0) is 34.0 Å². The molecule has 0 saturated carbocycles. The summed E-state index contributed by atoms with van der Waals surface area (Å²) in [4.78, 5) is 0. The van der Waals surface area contributed by atoms with Crippen molar-refractivity contribution in [1.82, 2.24) is 20.2 Å². The molecule has 2 aromatic rings. The number of benzene rings is 1. The lowest BCUT2D eigenvalue weighted by atomic mass is 10.1. The SMILES string of the molecule is NCCn1nnnc1SCCc1ccc2c(c1)CCO2. The van der Waals surface area contributed by atoms with E-state index in [2.05, 4.69) is 33.7 Å². The number of hydrogen-bond donors (Lipinski definition) is 1. The van der Waals surface area contributed by atoms with Gasteiger partial charge in [-0.3, -0.25) is 0 Å². The molecular formula is C13H17N5OS. The highest BCUT2D eigenvalue weighted by molar-refractivity contribution is 7.99. The summed E-state index contributed by atoms with van der Waals surface area (Å²) >= 11 is 1.66. The van der Waals surface area contributed by atoms with E-state index in [1.165, 1.54) is 11.1 Å². The molecule has 0 unspecified atom stereocenters. The van der Waals surface area contributed by atoms with Crippen molar-refractivity contribution in [1.29, 1.82) is 0 Å². The van der Waals surface area contributed by atoms with Gasteiger partial charge in [-0.25, -0.2) is 4.68 Å². The number of hydrogen-bond acceptors (Lipinski definition) is 6. The first-order valence-electron chi connectivity index (χ1n) is 6.70. The van der Waals surface area contributed by atoms with Gasteiger partial charge in [0.15, 0.2) is 0 Å². The van der Waals surface area contributed by atoms with Crippen LogP contribution in [0, 0.1) is 0 Å². The minimum Gasteiger partial charge on any atom is -0.493 e. The fourth-order valence-corrected chi connectivity index (χ4v) is 3.11. The molecule has 1 aliphatic heterocycles. The van der Waals surface area contributed by atoms with Crippen LogP contribution in [-0.4, -0.2) is 39.1 Å². The normalized spacial score (nSPS) is 13.2. The van der Waals surface area contributed by atoms with E-state index in [0.29, 0.717) is 13.1 Å². The Morgan fingerprint density at radius 3 is 3.25 bits per heavy atom. The number of ether oxygens (including phenoxy) is 1. The van der Waals surface area contributed by atoms with Crippen LogP contribution in [-0.2, 0) is 19.4 Å². The summed E-state index contributed by atoms with van der Waals surface area (Å²) in [6.07, 6.45) is 2.01. The second-order valence-corrected chi connectivity index (χ2v) is 5.67. The molecule has 2 N–H and O–H groups in total. The van der Waals surface area contributed by atoms with Crippen molar-refractivity contribution >= 4 is 11.8 Å². The lowest BCUT2D eigenvalue weighted by Gasteiger charge is -2.04. The monoisotopic (exact) mass is 291 g/mol. The Hall–Kier alpha value is -1.60. The predicted molar refractivity (Wildman–Crippen MR) is 76.9 cm³/mol. The van der Waals surface area contributed by atoms with E-state index in [-0.39, 0.29) is 0 Å². The topological polar surface area (TPSA) is 78.9 Å². The predicted octanol–water partition coefficient (Wildman–Crippen LogP) is 0.901. The molecule has 0 aliphatic carbocycles. The van der Waals surface area contributed by atoms with E-state index in [4.69, 9.17) is 10.5 Å². The first-order chi connectivity index (χ1) is 9.86. The van der Waals surface area contributed by atoms with Crippen LogP contribution < -0.4 is 10.5 Å². The number of nitrogens with zero attached hydrogens (tertiary/aromatic N) is 4. The maximum Gasteiger partial charge on any atom is 0.209 e. The van der Waals surface area contributed by atoms with Crippen molar-refractivity contribution in [3.05, 3.63) is 29.3 Å². The Kier molecular flexibility index (Phi) is 4.17. The van der Waals surface area contributed by atoms with E-state index >= 15 is 0 Å². The summed E-state index contributed by atoms with van der Waals surface area (Å²) in [6, 6.07) is 6.44. The van der Waals surface area contributed by atoms with Crippen LogP contribution >= 0.6 is 11.8 Å². The number of fused-ring (bicyclic) bond motifs is 1. The minimum absolute atomic E-state index is 0.545. The molecule has 106 valence electrons. The first-order valence-corrected chi connectivity index (χ1v) is 7.69. The zero-order valence-corrected chi connectivity index (χ0v) is 12.0. The van der Waals surface area contributed by atoms with E-state index in [9.17, 15) is 0 Å². The smallest absolute Gasteiger partial charge is 0.209 e. The summed E-state index contributed by atoms with van der Waals surface area (Å²) in [7, 11) is 0. The van der Waals surface area contributed by atoms with Gasteiger partial charge in [0.2, 0.25) is 5.16 Å². The zero-order chi connectivity index (χ0) is 13.8. The van der Waals surface area contributed by atoms with Gasteiger partial charge in [0.1, 0.15) is 5.75 Å². The average molecular weight is 291 g/mol. The third-order valence-electron chi connectivity index (χ3n) is 3.22. The Morgan fingerprint density at radius 2 is 2.35 bits per heavy atom. The molecule has 0 spiro atoms. The highest BCUT2D eigenvalue weighted by Crippen LogP contribution is 2.26. The van der Waals surface area contributed by atoms with Crippen LogP contribution in [0.3, 0.4) is 0 Å². The van der Waals surface area contributed by atoms with Gasteiger partial charge in [0.05, 0.1) is 13.2 Å². The molecule has 1 aliphatic rings. The van der Waals surface area contributed by atoms with Gasteiger partial charge in [-0.15, -0.1) is 5.10 Å². The van der Waals surface area contributed by atoms with E-state index < -0.39 is 0 Å². The molecule has 2 heterocycles. The molecule has 6 nitrogen and oxygen atoms in total. The molecule has 20 heavy (non-hydrogen) atoms. The summed E-state index contributed by atoms with van der Waals surface area (Å²) in [6.45, 7) is 2.01. The summed E-state index contributed by atoms with van der Waals surface area (Å²) in [5.74, 6) is 1.98. The van der Waals surface area contributed by atoms with Crippen LogP contribution in [0.5, 0.6) is 5.75 Å². The molecule has 0 bridgehead atoms. The van der Waals surface area contributed by atoms with Gasteiger partial charge in [0.25, 0.3) is 0 Å². The van der Waals surface area contributed by atoms with Crippen LogP contribution in [0.25, 0.3) is 0 Å². The first kappa shape index (κ1) is 13.4. The lowest BCUT2D eigenvalue weighted by molar-refractivity contribution is 0.357. The average Bonchev–Trinajstić information content (AvgIpc) is 3.08. The van der Waals surface area contributed by atoms with Crippen molar-refractivity contribution in [2.45, 2.75) is 24.5 Å². The van der Waals surface area contributed by atoms with Crippen molar-refractivity contribution < 1.29 is 4.74 Å². The van der Waals surface area contributed by atoms with Gasteiger partial charge in [0, 0.05) is 18.7 Å². The van der Waals surface area contributed by atoms with Gasteiger partial charge < -0.3 is 10.5 Å². The zero-order valence-electron chi connectivity index (χ0n) is 11.2. The van der Waals surface area contributed by atoms with E-state index in [0.717, 1.165) is 36.1 Å². The molecule has 7 heteroatoms. The third-order valence-corrected chi connectivity index (χ3v) is 4.17. The molecule has 3 rings (SSSR count). The largest absolute Gasteiger partial charge is 0.493 e. The molecule has 1 aromatic heterocycles. The fourth-order valence-electron chi connectivity index (χ4n) is 2.22. The Bertz CT molecular complexity index is 586. The maximum absolute atomic E-state index is 5.52. The molecule has 0 fully saturated rings. The standard InChI is InChI=1S/C13H17N5OS/c14-5-6-18-13(15-16-17-18)20-8-4-10-1-2-12-11(9-10)3-7-19-12/h1-2,9H,3-8,14H2. The number of tetrazole rings is 1. The van der Waals surface area contributed by atoms with Crippen molar-refractivity contribution in [2.75, 3.05) is 18.9 Å². The van der Waals surface area contributed by atoms with Gasteiger partial charge >= 0.3 is 0 Å². The van der Waals surface area contributed by atoms with Gasteiger partial charge in [-0.2, -0.15) is 0 Å². The Balaban J connectivity index is 1.56.